The van der Waals surface area contributed by atoms with Crippen molar-refractivity contribution in [2.45, 2.75) is 23.1 Å². The Morgan fingerprint density at radius 1 is 0.972 bits per heavy atom. The van der Waals surface area contributed by atoms with E-state index in [0.717, 1.165) is 12.1 Å². The van der Waals surface area contributed by atoms with Gasteiger partial charge in [0, 0.05) is 5.56 Å². The topological polar surface area (TPSA) is 113 Å². The lowest BCUT2D eigenvalue weighted by Gasteiger charge is -2.14. The molecule has 0 radical (unpaired) electrons. The maximum Gasteiger partial charge on any atom is 0.573 e. The number of hydrogen-bond acceptors (Lipinski definition) is 8. The van der Waals surface area contributed by atoms with Crippen molar-refractivity contribution in [3.63, 3.8) is 0 Å². The maximum absolute atomic E-state index is 12.7. The fourth-order valence-corrected chi connectivity index (χ4v) is 5.36. The van der Waals surface area contributed by atoms with Crippen LogP contribution < -0.4 is 8.92 Å². The molecule has 0 amide bonds. The number of alkyl halides is 3. The lowest BCUT2D eigenvalue weighted by atomic mass is 10.2. The number of halogens is 4. The van der Waals surface area contributed by atoms with Crippen LogP contribution in [0.5, 0.6) is 11.5 Å². The summed E-state index contributed by atoms with van der Waals surface area (Å²) in [5, 5.41) is -0.207. The molecule has 0 unspecified atom stereocenters. The molecule has 0 N–H and O–H groups in total. The molecule has 3 aromatic carbocycles. The van der Waals surface area contributed by atoms with Crippen molar-refractivity contribution in [1.82, 2.24) is 4.98 Å². The molecular weight excluding hydrogens is 547 g/mol. The van der Waals surface area contributed by atoms with Crippen LogP contribution in [0.15, 0.2) is 74.9 Å². The van der Waals surface area contributed by atoms with Crippen molar-refractivity contribution in [3.05, 3.63) is 65.7 Å². The Labute approximate surface area is 208 Å². The number of rotatable bonds is 7. The molecule has 1 aromatic heterocycles. The van der Waals surface area contributed by atoms with E-state index in [1.54, 1.807) is 0 Å². The van der Waals surface area contributed by atoms with Crippen LogP contribution in [-0.4, -0.2) is 33.9 Å². The van der Waals surface area contributed by atoms with Gasteiger partial charge in [-0.2, -0.15) is 8.42 Å². The molecular formula is C22H15ClF3NO7S2. The van der Waals surface area contributed by atoms with Gasteiger partial charge in [-0.05, 0) is 48.5 Å². The van der Waals surface area contributed by atoms with Crippen LogP contribution in [0.1, 0.15) is 6.92 Å². The average molecular weight is 562 g/mol. The van der Waals surface area contributed by atoms with E-state index in [-0.39, 0.29) is 32.8 Å². The minimum Gasteiger partial charge on any atom is -0.436 e. The second-order valence-corrected chi connectivity index (χ2v) is 11.4. The Kier molecular flexibility index (Phi) is 6.66. The van der Waals surface area contributed by atoms with E-state index in [0.29, 0.717) is 11.1 Å². The molecule has 0 aliphatic heterocycles. The molecule has 1 heterocycles. The second kappa shape index (κ2) is 9.30. The molecule has 0 aliphatic rings. The largest absolute Gasteiger partial charge is 0.573 e. The summed E-state index contributed by atoms with van der Waals surface area (Å²) in [6, 6.07) is 12.1. The van der Waals surface area contributed by atoms with Crippen LogP contribution in [0, 0.1) is 0 Å². The molecule has 4 rings (SSSR count). The zero-order valence-corrected chi connectivity index (χ0v) is 20.5. The van der Waals surface area contributed by atoms with Gasteiger partial charge in [-0.25, -0.2) is 13.4 Å². The first-order valence-corrected chi connectivity index (χ1v) is 13.5. The van der Waals surface area contributed by atoms with E-state index in [1.807, 2.05) is 0 Å². The molecule has 36 heavy (non-hydrogen) atoms. The van der Waals surface area contributed by atoms with E-state index >= 15 is 0 Å². The van der Waals surface area contributed by atoms with E-state index < -0.39 is 37.0 Å². The predicted molar refractivity (Wildman–Crippen MR) is 123 cm³/mol. The number of aromatic nitrogens is 1. The molecule has 0 saturated heterocycles. The van der Waals surface area contributed by atoms with Gasteiger partial charge in [0.1, 0.15) is 10.4 Å². The molecule has 0 bridgehead atoms. The van der Waals surface area contributed by atoms with Crippen molar-refractivity contribution >= 4 is 42.7 Å². The highest BCUT2D eigenvalue weighted by atomic mass is 35.5. The van der Waals surface area contributed by atoms with Crippen molar-refractivity contribution in [1.29, 1.82) is 0 Å². The normalized spacial score (nSPS) is 12.6. The summed E-state index contributed by atoms with van der Waals surface area (Å²) in [7, 11) is -8.22. The quantitative estimate of drug-likeness (QED) is 0.268. The fourth-order valence-electron chi connectivity index (χ4n) is 3.12. The SMILES string of the molecule is CCS(=O)(=O)c1ccc2oc(-c3ccc(OS(=O)(=O)c4ccccc4OC(F)(F)F)c(Cl)c3)nc2c1. The lowest BCUT2D eigenvalue weighted by Crippen LogP contribution is -2.20. The number of benzene rings is 3. The Hall–Kier alpha value is -3.29. The Morgan fingerprint density at radius 2 is 1.69 bits per heavy atom. The minimum absolute atomic E-state index is 0.0660. The average Bonchev–Trinajstić information content (AvgIpc) is 3.23. The van der Waals surface area contributed by atoms with Crippen molar-refractivity contribution in [2.24, 2.45) is 0 Å². The van der Waals surface area contributed by atoms with Crippen LogP contribution in [0.3, 0.4) is 0 Å². The Morgan fingerprint density at radius 3 is 2.36 bits per heavy atom. The highest BCUT2D eigenvalue weighted by Crippen LogP contribution is 2.36. The number of fused-ring (bicyclic) bond motifs is 1. The van der Waals surface area contributed by atoms with Crippen molar-refractivity contribution in [3.8, 4) is 23.0 Å². The highest BCUT2D eigenvalue weighted by Gasteiger charge is 2.34. The molecule has 0 spiro atoms. The second-order valence-electron chi connectivity index (χ2n) is 7.23. The molecule has 0 aliphatic carbocycles. The third-order valence-electron chi connectivity index (χ3n) is 4.82. The van der Waals surface area contributed by atoms with Gasteiger partial charge in [0.25, 0.3) is 0 Å². The summed E-state index contributed by atoms with van der Waals surface area (Å²) >= 11 is 6.17. The van der Waals surface area contributed by atoms with Gasteiger partial charge in [0.15, 0.2) is 26.9 Å². The van der Waals surface area contributed by atoms with E-state index in [2.05, 4.69) is 9.72 Å². The molecule has 0 fully saturated rings. The van der Waals surface area contributed by atoms with Gasteiger partial charge in [-0.3, -0.25) is 0 Å². The van der Waals surface area contributed by atoms with Gasteiger partial charge in [0.05, 0.1) is 15.7 Å². The summed E-state index contributed by atoms with van der Waals surface area (Å²) in [4.78, 5) is 3.49. The third kappa shape index (κ3) is 5.42. The van der Waals surface area contributed by atoms with Crippen LogP contribution >= 0.6 is 11.6 Å². The number of sulfone groups is 1. The standard InChI is InChI=1S/C22H15ClF3NO7S2/c1-2-35(28,29)14-8-10-18-16(12-14)27-21(32-18)13-7-9-17(15(23)11-13)34-36(30,31)20-6-4-3-5-19(20)33-22(24,25)26/h3-12H,2H2,1H3. The smallest absolute Gasteiger partial charge is 0.436 e. The molecule has 190 valence electrons. The van der Waals surface area contributed by atoms with Gasteiger partial charge < -0.3 is 13.3 Å². The van der Waals surface area contributed by atoms with Crippen molar-refractivity contribution < 1.29 is 43.3 Å². The molecule has 4 aromatic rings. The van der Waals surface area contributed by atoms with Crippen LogP contribution in [0.25, 0.3) is 22.6 Å². The Balaban J connectivity index is 1.64. The van der Waals surface area contributed by atoms with Crippen LogP contribution in [0.4, 0.5) is 13.2 Å². The number of oxazole rings is 1. The van der Waals surface area contributed by atoms with E-state index in [4.69, 9.17) is 20.2 Å². The first-order chi connectivity index (χ1) is 16.8. The molecule has 0 saturated carbocycles. The number of ether oxygens (including phenoxy) is 1. The predicted octanol–water partition coefficient (Wildman–Crippen LogP) is 5.61. The summed E-state index contributed by atoms with van der Waals surface area (Å²) < 4.78 is 102. The zero-order chi connectivity index (χ0) is 26.3. The molecule has 8 nitrogen and oxygen atoms in total. The number of hydrogen-bond donors (Lipinski definition) is 0. The minimum atomic E-state index is -5.12. The van der Waals surface area contributed by atoms with Crippen LogP contribution in [-0.2, 0) is 20.0 Å². The first kappa shape index (κ1) is 25.8. The number of para-hydroxylation sites is 1. The highest BCUT2D eigenvalue weighted by molar-refractivity contribution is 7.91. The maximum atomic E-state index is 12.7. The summed E-state index contributed by atoms with van der Waals surface area (Å²) in [6.45, 7) is 1.52. The molecule has 0 atom stereocenters. The monoisotopic (exact) mass is 561 g/mol. The first-order valence-electron chi connectivity index (χ1n) is 10.0. The van der Waals surface area contributed by atoms with Gasteiger partial charge in [0.2, 0.25) is 5.89 Å². The molecule has 14 heteroatoms. The summed E-state index contributed by atoms with van der Waals surface area (Å²) in [6.07, 6.45) is -5.12. The zero-order valence-electron chi connectivity index (χ0n) is 18.1. The van der Waals surface area contributed by atoms with E-state index in [9.17, 15) is 30.0 Å². The van der Waals surface area contributed by atoms with E-state index in [1.165, 1.54) is 55.5 Å². The van der Waals surface area contributed by atoms with Gasteiger partial charge >= 0.3 is 16.5 Å². The van der Waals surface area contributed by atoms with Gasteiger partial charge in [-0.15, -0.1) is 13.2 Å². The summed E-state index contributed by atoms with van der Waals surface area (Å²) in [5.74, 6) is -1.35. The summed E-state index contributed by atoms with van der Waals surface area (Å²) in [5.41, 5.74) is 0.891. The lowest BCUT2D eigenvalue weighted by molar-refractivity contribution is -0.275. The van der Waals surface area contributed by atoms with Crippen LogP contribution in [0.2, 0.25) is 5.02 Å². The van der Waals surface area contributed by atoms with Crippen molar-refractivity contribution in [2.75, 3.05) is 5.75 Å². The Bertz CT molecular complexity index is 1670. The number of nitrogens with zero attached hydrogens (tertiary/aromatic N) is 1. The third-order valence-corrected chi connectivity index (χ3v) is 8.12. The fraction of sp³-hybridized carbons (Fsp3) is 0.136. The van der Waals surface area contributed by atoms with Gasteiger partial charge in [-0.1, -0.05) is 30.7 Å².